The van der Waals surface area contributed by atoms with Crippen molar-refractivity contribution in [3.05, 3.63) is 60.5 Å². The molecule has 0 fully saturated rings. The number of hydrogen-bond acceptors (Lipinski definition) is 7. The average molecular weight is 325 g/mol. The molecule has 0 aliphatic heterocycles. The van der Waals surface area contributed by atoms with Crippen LogP contribution in [0.25, 0.3) is 11.4 Å². The lowest BCUT2D eigenvalue weighted by Gasteiger charge is -2.25. The van der Waals surface area contributed by atoms with Crippen molar-refractivity contribution in [2.45, 2.75) is 12.6 Å². The Morgan fingerprint density at radius 1 is 1.17 bits per heavy atom. The highest BCUT2D eigenvalue weighted by Crippen LogP contribution is 2.20. The van der Waals surface area contributed by atoms with Gasteiger partial charge in [-0.2, -0.15) is 4.98 Å². The number of hydrogen-bond donors (Lipinski definition) is 0. The molecule has 0 radical (unpaired) electrons. The Hall–Kier alpha value is -2.64. The molecular weight excluding hydrogens is 306 g/mol. The molecule has 124 valence electrons. The number of likely N-dealkylation sites (N-methyl/N-ethyl adjacent to an activating group) is 1. The van der Waals surface area contributed by atoms with Gasteiger partial charge in [-0.05, 0) is 31.3 Å². The first-order chi connectivity index (χ1) is 11.8. The van der Waals surface area contributed by atoms with E-state index in [0.29, 0.717) is 24.9 Å². The Bertz CT molecular complexity index is 748. The average Bonchev–Trinajstić information content (AvgIpc) is 3.09. The number of aromatic nitrogens is 4. The number of rotatable bonds is 7. The zero-order valence-corrected chi connectivity index (χ0v) is 13.7. The Morgan fingerprint density at radius 3 is 2.71 bits per heavy atom. The minimum atomic E-state index is 0.00692. The van der Waals surface area contributed by atoms with E-state index in [4.69, 9.17) is 9.26 Å². The molecule has 0 bridgehead atoms. The Labute approximate surface area is 140 Å². The summed E-state index contributed by atoms with van der Waals surface area (Å²) in [6, 6.07) is 9.54. The fraction of sp³-hybridized carbons (Fsp3) is 0.294. The normalized spacial score (nSPS) is 12.5. The second-order valence-electron chi connectivity index (χ2n) is 5.39. The van der Waals surface area contributed by atoms with Crippen LogP contribution in [0.15, 0.2) is 53.4 Å². The maximum absolute atomic E-state index is 5.37. The molecule has 0 saturated heterocycles. The van der Waals surface area contributed by atoms with Gasteiger partial charge in [-0.15, -0.1) is 0 Å². The van der Waals surface area contributed by atoms with Crippen LogP contribution >= 0.6 is 0 Å². The van der Waals surface area contributed by atoms with Crippen molar-refractivity contribution >= 4 is 0 Å². The molecule has 3 aromatic rings. The van der Waals surface area contributed by atoms with Gasteiger partial charge in [0.25, 0.3) is 0 Å². The molecule has 0 spiro atoms. The Kier molecular flexibility index (Phi) is 5.25. The summed E-state index contributed by atoms with van der Waals surface area (Å²) < 4.78 is 10.7. The standard InChI is InChI=1S/C17H19N5O2/c1-22(15(12-23-2)14-5-3-4-8-19-14)11-16-20-17(21-24-16)13-6-9-18-10-7-13/h3-10,15H,11-12H2,1-2H3/t15-/m0/s1. The lowest BCUT2D eigenvalue weighted by Crippen LogP contribution is -2.28. The van der Waals surface area contributed by atoms with Crippen molar-refractivity contribution in [1.29, 1.82) is 0 Å². The number of pyridine rings is 2. The van der Waals surface area contributed by atoms with E-state index < -0.39 is 0 Å². The molecular formula is C17H19N5O2. The monoisotopic (exact) mass is 325 g/mol. The first kappa shape index (κ1) is 16.2. The summed E-state index contributed by atoms with van der Waals surface area (Å²) >= 11 is 0. The maximum Gasteiger partial charge on any atom is 0.241 e. The molecule has 0 aliphatic carbocycles. The first-order valence-corrected chi connectivity index (χ1v) is 7.61. The van der Waals surface area contributed by atoms with E-state index in [9.17, 15) is 0 Å². The summed E-state index contributed by atoms with van der Waals surface area (Å²) in [6.45, 7) is 1.03. The van der Waals surface area contributed by atoms with Crippen LogP contribution in [0.1, 0.15) is 17.6 Å². The van der Waals surface area contributed by atoms with Gasteiger partial charge in [0.1, 0.15) is 0 Å². The van der Waals surface area contributed by atoms with E-state index in [0.717, 1.165) is 11.3 Å². The highest BCUT2D eigenvalue weighted by Gasteiger charge is 2.20. The Balaban J connectivity index is 1.73. The molecule has 0 unspecified atom stereocenters. The van der Waals surface area contributed by atoms with Crippen LogP contribution in [0.2, 0.25) is 0 Å². The third-order valence-corrected chi connectivity index (χ3v) is 3.68. The fourth-order valence-corrected chi connectivity index (χ4v) is 2.43. The number of nitrogens with zero attached hydrogens (tertiary/aromatic N) is 5. The highest BCUT2D eigenvalue weighted by atomic mass is 16.5. The van der Waals surface area contributed by atoms with Gasteiger partial charge < -0.3 is 9.26 Å². The quantitative estimate of drug-likeness (QED) is 0.660. The van der Waals surface area contributed by atoms with Crippen LogP contribution in [-0.4, -0.2) is 45.8 Å². The SMILES string of the molecule is COC[C@@H](c1ccccn1)N(C)Cc1nc(-c2ccncc2)no1. The smallest absolute Gasteiger partial charge is 0.241 e. The maximum atomic E-state index is 5.37. The molecule has 24 heavy (non-hydrogen) atoms. The molecule has 3 aromatic heterocycles. The fourth-order valence-electron chi connectivity index (χ4n) is 2.43. The van der Waals surface area contributed by atoms with Crippen LogP contribution in [-0.2, 0) is 11.3 Å². The van der Waals surface area contributed by atoms with Crippen LogP contribution in [0.5, 0.6) is 0 Å². The van der Waals surface area contributed by atoms with Crippen molar-refractivity contribution in [2.75, 3.05) is 20.8 Å². The lowest BCUT2D eigenvalue weighted by atomic mass is 10.1. The van der Waals surface area contributed by atoms with Gasteiger partial charge in [0.15, 0.2) is 0 Å². The summed E-state index contributed by atoms with van der Waals surface area (Å²) in [4.78, 5) is 14.9. The van der Waals surface area contributed by atoms with Crippen molar-refractivity contribution in [2.24, 2.45) is 0 Å². The van der Waals surface area contributed by atoms with Gasteiger partial charge in [-0.3, -0.25) is 14.9 Å². The van der Waals surface area contributed by atoms with Crippen LogP contribution in [0.4, 0.5) is 0 Å². The Morgan fingerprint density at radius 2 is 2.00 bits per heavy atom. The van der Waals surface area contributed by atoms with Crippen LogP contribution in [0, 0.1) is 0 Å². The first-order valence-electron chi connectivity index (χ1n) is 7.61. The second-order valence-corrected chi connectivity index (χ2v) is 5.39. The van der Waals surface area contributed by atoms with Gasteiger partial charge >= 0.3 is 0 Å². The lowest BCUT2D eigenvalue weighted by molar-refractivity contribution is 0.0932. The third-order valence-electron chi connectivity index (χ3n) is 3.68. The van der Waals surface area contributed by atoms with Gasteiger partial charge in [0.05, 0.1) is 24.9 Å². The number of methoxy groups -OCH3 is 1. The highest BCUT2D eigenvalue weighted by molar-refractivity contribution is 5.52. The van der Waals surface area contributed by atoms with Crippen molar-refractivity contribution < 1.29 is 9.26 Å². The summed E-state index contributed by atoms with van der Waals surface area (Å²) in [6.07, 6.45) is 5.18. The molecule has 0 aromatic carbocycles. The second kappa shape index (κ2) is 7.76. The summed E-state index contributed by atoms with van der Waals surface area (Å²) in [7, 11) is 3.66. The summed E-state index contributed by atoms with van der Waals surface area (Å²) in [5, 5.41) is 4.03. The van der Waals surface area contributed by atoms with E-state index in [1.807, 2.05) is 37.4 Å². The number of ether oxygens (including phenoxy) is 1. The third kappa shape index (κ3) is 3.81. The molecule has 0 amide bonds. The molecule has 3 rings (SSSR count). The van der Waals surface area contributed by atoms with E-state index >= 15 is 0 Å². The molecule has 0 N–H and O–H groups in total. The summed E-state index contributed by atoms with van der Waals surface area (Å²) in [5.74, 6) is 1.10. The largest absolute Gasteiger partial charge is 0.383 e. The zero-order valence-electron chi connectivity index (χ0n) is 13.7. The molecule has 3 heterocycles. The van der Waals surface area contributed by atoms with Crippen LogP contribution in [0.3, 0.4) is 0 Å². The zero-order chi connectivity index (χ0) is 16.8. The molecule has 7 heteroatoms. The molecule has 0 aliphatic rings. The molecule has 0 saturated carbocycles. The minimum absolute atomic E-state index is 0.00692. The molecule has 1 atom stereocenters. The van der Waals surface area contributed by atoms with Gasteiger partial charge in [0.2, 0.25) is 11.7 Å². The minimum Gasteiger partial charge on any atom is -0.383 e. The van der Waals surface area contributed by atoms with Crippen LogP contribution < -0.4 is 0 Å². The topological polar surface area (TPSA) is 77.2 Å². The van der Waals surface area contributed by atoms with Gasteiger partial charge in [-0.25, -0.2) is 0 Å². The summed E-state index contributed by atoms with van der Waals surface area (Å²) in [5.41, 5.74) is 1.82. The van der Waals surface area contributed by atoms with E-state index in [1.54, 1.807) is 25.7 Å². The van der Waals surface area contributed by atoms with E-state index in [1.165, 1.54) is 0 Å². The molecule has 7 nitrogen and oxygen atoms in total. The van der Waals surface area contributed by atoms with E-state index in [-0.39, 0.29) is 6.04 Å². The van der Waals surface area contributed by atoms with Crippen molar-refractivity contribution in [3.63, 3.8) is 0 Å². The van der Waals surface area contributed by atoms with Gasteiger partial charge in [0, 0.05) is 31.3 Å². The van der Waals surface area contributed by atoms with Crippen molar-refractivity contribution in [3.8, 4) is 11.4 Å². The predicted molar refractivity (Wildman–Crippen MR) is 87.9 cm³/mol. The van der Waals surface area contributed by atoms with Gasteiger partial charge in [-0.1, -0.05) is 11.2 Å². The van der Waals surface area contributed by atoms with E-state index in [2.05, 4.69) is 25.0 Å². The predicted octanol–water partition coefficient (Wildman–Crippen LogP) is 2.35. The van der Waals surface area contributed by atoms with Crippen molar-refractivity contribution in [1.82, 2.24) is 25.0 Å².